The lowest BCUT2D eigenvalue weighted by atomic mass is 10.0. The van der Waals surface area contributed by atoms with Gasteiger partial charge in [-0.1, -0.05) is 6.92 Å². The number of ether oxygens (including phenoxy) is 2. The molecular formula is C23H22N4O4S. The molecule has 4 aromatic rings. The molecule has 32 heavy (non-hydrogen) atoms. The van der Waals surface area contributed by atoms with Gasteiger partial charge in [0.25, 0.3) is 0 Å². The van der Waals surface area contributed by atoms with Crippen LogP contribution >= 0.6 is 0 Å². The molecule has 2 aromatic carbocycles. The van der Waals surface area contributed by atoms with Crippen LogP contribution in [0.3, 0.4) is 0 Å². The summed E-state index contributed by atoms with van der Waals surface area (Å²) in [5, 5.41) is 0. The van der Waals surface area contributed by atoms with E-state index in [1.165, 1.54) is 0 Å². The summed E-state index contributed by atoms with van der Waals surface area (Å²) >= 11 is 0. The Balaban J connectivity index is 1.53. The lowest BCUT2D eigenvalue weighted by Gasteiger charge is -2.16. The molecule has 2 aromatic heterocycles. The molecule has 5 rings (SSSR count). The molecule has 1 aliphatic rings. The van der Waals surface area contributed by atoms with Crippen LogP contribution < -0.4 is 4.74 Å². The van der Waals surface area contributed by atoms with E-state index in [0.29, 0.717) is 29.6 Å². The van der Waals surface area contributed by atoms with E-state index in [4.69, 9.17) is 9.47 Å². The van der Waals surface area contributed by atoms with E-state index < -0.39 is 9.84 Å². The third-order valence-corrected chi connectivity index (χ3v) is 7.24. The molecule has 8 nitrogen and oxygen atoms in total. The van der Waals surface area contributed by atoms with Gasteiger partial charge in [-0.15, -0.1) is 0 Å². The van der Waals surface area contributed by atoms with Gasteiger partial charge in [-0.25, -0.2) is 18.4 Å². The molecule has 1 unspecified atom stereocenters. The number of H-pyrrole nitrogens is 1. The second-order valence-corrected chi connectivity index (χ2v) is 9.84. The summed E-state index contributed by atoms with van der Waals surface area (Å²) < 4.78 is 36.3. The highest BCUT2D eigenvalue weighted by molar-refractivity contribution is 7.91. The Morgan fingerprint density at radius 1 is 1.19 bits per heavy atom. The van der Waals surface area contributed by atoms with E-state index in [2.05, 4.69) is 19.9 Å². The number of fused-ring (bicyclic) bond motifs is 1. The molecule has 9 heteroatoms. The molecule has 1 atom stereocenters. The third-order valence-electron chi connectivity index (χ3n) is 5.49. The highest BCUT2D eigenvalue weighted by Gasteiger charge is 2.24. The van der Waals surface area contributed by atoms with Crippen molar-refractivity contribution < 1.29 is 17.9 Å². The normalized spacial score (nSPS) is 16.5. The third kappa shape index (κ3) is 3.96. The van der Waals surface area contributed by atoms with Crippen LogP contribution in [0.1, 0.15) is 31.4 Å². The van der Waals surface area contributed by atoms with Crippen molar-refractivity contribution in [1.82, 2.24) is 19.9 Å². The molecule has 1 saturated heterocycles. The molecule has 3 heterocycles. The number of hydrogen-bond donors (Lipinski definition) is 1. The number of nitrogens with zero attached hydrogens (tertiary/aromatic N) is 3. The first-order chi connectivity index (χ1) is 15.5. The first-order valence-corrected chi connectivity index (χ1v) is 12.1. The van der Waals surface area contributed by atoms with Crippen LogP contribution in [0.4, 0.5) is 0 Å². The molecule has 164 valence electrons. The van der Waals surface area contributed by atoms with Gasteiger partial charge in [0.05, 0.1) is 34.0 Å². The Bertz CT molecular complexity index is 1350. The number of benzene rings is 2. The zero-order chi connectivity index (χ0) is 22.1. The Morgan fingerprint density at radius 2 is 2.03 bits per heavy atom. The van der Waals surface area contributed by atoms with Crippen LogP contribution in [-0.4, -0.2) is 40.7 Å². The fraction of sp³-hybridized carbons (Fsp3) is 0.261. The average Bonchev–Trinajstić information content (AvgIpc) is 3.49. The van der Waals surface area contributed by atoms with E-state index in [9.17, 15) is 8.42 Å². The van der Waals surface area contributed by atoms with Gasteiger partial charge in [-0.2, -0.15) is 0 Å². The second-order valence-electron chi connectivity index (χ2n) is 7.56. The van der Waals surface area contributed by atoms with Crippen LogP contribution in [0, 0.1) is 0 Å². The minimum absolute atomic E-state index is 0.0559. The minimum Gasteiger partial charge on any atom is -0.457 e. The Labute approximate surface area is 185 Å². The summed E-state index contributed by atoms with van der Waals surface area (Å²) in [5.74, 6) is 1.86. The quantitative estimate of drug-likeness (QED) is 0.462. The number of hydrogen-bond acceptors (Lipinski definition) is 7. The lowest BCUT2D eigenvalue weighted by molar-refractivity contribution is 0.110. The van der Waals surface area contributed by atoms with Crippen LogP contribution in [-0.2, 0) is 14.6 Å². The van der Waals surface area contributed by atoms with Crippen LogP contribution in [0.2, 0.25) is 0 Å². The molecular weight excluding hydrogens is 428 g/mol. The van der Waals surface area contributed by atoms with Gasteiger partial charge in [0.1, 0.15) is 17.2 Å². The van der Waals surface area contributed by atoms with Crippen molar-refractivity contribution in [1.29, 1.82) is 0 Å². The van der Waals surface area contributed by atoms with Crippen molar-refractivity contribution in [2.75, 3.05) is 12.4 Å². The van der Waals surface area contributed by atoms with Crippen molar-refractivity contribution in [3.8, 4) is 23.0 Å². The summed E-state index contributed by atoms with van der Waals surface area (Å²) in [6, 6.07) is 10.4. The highest BCUT2D eigenvalue weighted by atomic mass is 32.2. The first kappa shape index (κ1) is 20.6. The monoisotopic (exact) mass is 450 g/mol. The van der Waals surface area contributed by atoms with E-state index in [-0.39, 0.29) is 16.8 Å². The summed E-state index contributed by atoms with van der Waals surface area (Å²) in [6.07, 6.45) is 6.71. The van der Waals surface area contributed by atoms with Crippen molar-refractivity contribution in [3.63, 3.8) is 0 Å². The number of nitrogens with one attached hydrogen (secondary N) is 1. The van der Waals surface area contributed by atoms with Gasteiger partial charge in [0.2, 0.25) is 0 Å². The maximum absolute atomic E-state index is 12.1. The van der Waals surface area contributed by atoms with Crippen molar-refractivity contribution >= 4 is 20.9 Å². The zero-order valence-corrected chi connectivity index (χ0v) is 18.3. The van der Waals surface area contributed by atoms with E-state index in [0.717, 1.165) is 29.4 Å². The van der Waals surface area contributed by atoms with Crippen molar-refractivity contribution in [2.24, 2.45) is 0 Å². The number of rotatable bonds is 6. The SMILES string of the molecule is CCS(=O)(=O)c1ccc(Oc2cc3nc(-c4cnccn4)[nH]c3cc2C2CCCO2)cc1. The van der Waals surface area contributed by atoms with E-state index >= 15 is 0 Å². The van der Waals surface area contributed by atoms with Crippen LogP contribution in [0.5, 0.6) is 11.5 Å². The smallest absolute Gasteiger partial charge is 0.178 e. The van der Waals surface area contributed by atoms with Gasteiger partial charge in [0.15, 0.2) is 15.7 Å². The molecule has 0 radical (unpaired) electrons. The van der Waals surface area contributed by atoms with Gasteiger partial charge >= 0.3 is 0 Å². The molecule has 1 N–H and O–H groups in total. The van der Waals surface area contributed by atoms with Gasteiger partial charge in [-0.3, -0.25) is 4.98 Å². The zero-order valence-electron chi connectivity index (χ0n) is 17.5. The fourth-order valence-corrected chi connectivity index (χ4v) is 4.65. The van der Waals surface area contributed by atoms with Gasteiger partial charge in [-0.05, 0) is 43.2 Å². The number of sulfone groups is 1. The second kappa shape index (κ2) is 8.33. The minimum atomic E-state index is -3.26. The molecule has 1 fully saturated rings. The van der Waals surface area contributed by atoms with Gasteiger partial charge < -0.3 is 14.5 Å². The fourth-order valence-electron chi connectivity index (χ4n) is 3.77. The molecule has 1 aliphatic heterocycles. The maximum atomic E-state index is 12.1. The highest BCUT2D eigenvalue weighted by Crippen LogP contribution is 2.39. The summed E-state index contributed by atoms with van der Waals surface area (Å²) in [7, 11) is -3.26. The van der Waals surface area contributed by atoms with Gasteiger partial charge in [0, 0.05) is 30.6 Å². The van der Waals surface area contributed by atoms with Crippen molar-refractivity contribution in [2.45, 2.75) is 30.8 Å². The summed E-state index contributed by atoms with van der Waals surface area (Å²) in [5.41, 5.74) is 3.16. The Hall–Kier alpha value is -3.30. The van der Waals surface area contributed by atoms with Crippen LogP contribution in [0.15, 0.2) is 59.9 Å². The molecule has 0 bridgehead atoms. The predicted molar refractivity (Wildman–Crippen MR) is 119 cm³/mol. The van der Waals surface area contributed by atoms with E-state index in [1.54, 1.807) is 49.8 Å². The number of aromatic nitrogens is 4. The summed E-state index contributed by atoms with van der Waals surface area (Å²) in [6.45, 7) is 2.33. The summed E-state index contributed by atoms with van der Waals surface area (Å²) in [4.78, 5) is 16.7. The lowest BCUT2D eigenvalue weighted by Crippen LogP contribution is -2.03. The maximum Gasteiger partial charge on any atom is 0.178 e. The van der Waals surface area contributed by atoms with E-state index in [1.807, 2.05) is 12.1 Å². The molecule has 0 spiro atoms. The topological polar surface area (TPSA) is 107 Å². The largest absolute Gasteiger partial charge is 0.457 e. The van der Waals surface area contributed by atoms with Crippen LogP contribution in [0.25, 0.3) is 22.6 Å². The number of aromatic amines is 1. The average molecular weight is 451 g/mol. The standard InChI is InChI=1S/C23H22N4O4S/c1-2-32(28,29)16-7-5-15(6-8-16)31-22-13-19-18(12-17(22)21-4-3-11-30-21)26-23(27-19)20-14-24-9-10-25-20/h5-10,12-14,21H,2-4,11H2,1H3,(H,26,27). The number of imidazole rings is 1. The molecule has 0 amide bonds. The Morgan fingerprint density at radius 3 is 2.72 bits per heavy atom. The predicted octanol–water partition coefficient (Wildman–Crippen LogP) is 4.46. The molecule has 0 aliphatic carbocycles. The van der Waals surface area contributed by atoms with Crippen molar-refractivity contribution in [3.05, 3.63) is 60.6 Å². The molecule has 0 saturated carbocycles. The first-order valence-electron chi connectivity index (χ1n) is 10.5. The Kier molecular flexibility index (Phi) is 5.36.